The predicted octanol–water partition coefficient (Wildman–Crippen LogP) is 3.69. The fourth-order valence-electron chi connectivity index (χ4n) is 3.60. The first kappa shape index (κ1) is 15.5. The number of benzene rings is 1. The first-order valence-corrected chi connectivity index (χ1v) is 8.33. The maximum atomic E-state index is 13.1. The fourth-order valence-corrected chi connectivity index (χ4v) is 3.60. The molecule has 0 radical (unpaired) electrons. The number of ether oxygens (including phenoxy) is 1. The molecule has 4 heteroatoms. The number of hydrogen-bond donors (Lipinski definition) is 0. The van der Waals surface area contributed by atoms with Crippen molar-refractivity contribution in [2.75, 3.05) is 13.1 Å². The lowest BCUT2D eigenvalue weighted by Crippen LogP contribution is -2.48. The van der Waals surface area contributed by atoms with Crippen LogP contribution in [0.5, 0.6) is 0 Å². The summed E-state index contributed by atoms with van der Waals surface area (Å²) in [5, 5.41) is 0. The van der Waals surface area contributed by atoms with Gasteiger partial charge >= 0.3 is 0 Å². The van der Waals surface area contributed by atoms with Crippen molar-refractivity contribution in [1.82, 2.24) is 4.90 Å². The van der Waals surface area contributed by atoms with E-state index in [0.29, 0.717) is 13.1 Å². The first-order valence-electron chi connectivity index (χ1n) is 8.33. The number of nitrogens with zero attached hydrogens (tertiary/aromatic N) is 1. The van der Waals surface area contributed by atoms with Gasteiger partial charge in [0, 0.05) is 12.5 Å². The van der Waals surface area contributed by atoms with Crippen LogP contribution in [0.1, 0.15) is 50.7 Å². The molecule has 2 unspecified atom stereocenters. The van der Waals surface area contributed by atoms with E-state index in [-0.39, 0.29) is 29.9 Å². The number of amides is 1. The van der Waals surface area contributed by atoms with Gasteiger partial charge in [-0.1, -0.05) is 31.4 Å². The van der Waals surface area contributed by atoms with Gasteiger partial charge in [-0.25, -0.2) is 4.39 Å². The highest BCUT2D eigenvalue weighted by molar-refractivity contribution is 5.79. The van der Waals surface area contributed by atoms with Crippen molar-refractivity contribution in [3.05, 3.63) is 35.6 Å². The summed E-state index contributed by atoms with van der Waals surface area (Å²) >= 11 is 0. The summed E-state index contributed by atoms with van der Waals surface area (Å²) in [6, 6.07) is 6.40. The van der Waals surface area contributed by atoms with E-state index in [4.69, 9.17) is 4.74 Å². The Morgan fingerprint density at radius 1 is 1.14 bits per heavy atom. The molecular weight excluding hydrogens is 281 g/mol. The maximum absolute atomic E-state index is 13.1. The molecule has 120 valence electrons. The summed E-state index contributed by atoms with van der Waals surface area (Å²) in [7, 11) is 0. The smallest absolute Gasteiger partial charge is 0.225 e. The number of morpholine rings is 1. The second-order valence-electron chi connectivity index (χ2n) is 6.57. The molecule has 22 heavy (non-hydrogen) atoms. The van der Waals surface area contributed by atoms with E-state index in [1.54, 1.807) is 12.1 Å². The van der Waals surface area contributed by atoms with Gasteiger partial charge in [0.2, 0.25) is 5.91 Å². The average Bonchev–Trinajstić information content (AvgIpc) is 2.55. The Kier molecular flexibility index (Phi) is 4.77. The van der Waals surface area contributed by atoms with Crippen LogP contribution in [-0.4, -0.2) is 30.0 Å². The first-order chi connectivity index (χ1) is 10.6. The van der Waals surface area contributed by atoms with Crippen LogP contribution in [-0.2, 0) is 9.53 Å². The minimum atomic E-state index is -0.247. The Bertz CT molecular complexity index is 510. The van der Waals surface area contributed by atoms with E-state index in [1.165, 1.54) is 18.6 Å². The predicted molar refractivity (Wildman–Crippen MR) is 82.8 cm³/mol. The quantitative estimate of drug-likeness (QED) is 0.834. The van der Waals surface area contributed by atoms with Crippen LogP contribution in [0.25, 0.3) is 0 Å². The van der Waals surface area contributed by atoms with Gasteiger partial charge in [-0.15, -0.1) is 0 Å². The van der Waals surface area contributed by atoms with Gasteiger partial charge in [0.15, 0.2) is 0 Å². The molecule has 2 aliphatic rings. The number of carbonyl (C=O) groups excluding carboxylic acids is 1. The molecule has 0 bridgehead atoms. The summed E-state index contributed by atoms with van der Waals surface area (Å²) in [4.78, 5) is 14.7. The van der Waals surface area contributed by atoms with Gasteiger partial charge in [0.1, 0.15) is 11.9 Å². The van der Waals surface area contributed by atoms with E-state index in [1.807, 2.05) is 11.8 Å². The minimum absolute atomic E-state index is 0.0105. The van der Waals surface area contributed by atoms with Crippen LogP contribution in [0.15, 0.2) is 24.3 Å². The molecule has 1 aliphatic carbocycles. The third-order valence-corrected chi connectivity index (χ3v) is 4.77. The molecule has 2 fully saturated rings. The van der Waals surface area contributed by atoms with Crippen molar-refractivity contribution in [2.24, 2.45) is 5.92 Å². The molecule has 1 saturated heterocycles. The lowest BCUT2D eigenvalue weighted by atomic mass is 9.88. The third-order valence-electron chi connectivity index (χ3n) is 4.77. The molecule has 3 nitrogen and oxygen atoms in total. The molecular formula is C18H24FNO2. The summed E-state index contributed by atoms with van der Waals surface area (Å²) in [5.41, 5.74) is 0.939. The maximum Gasteiger partial charge on any atom is 0.225 e. The second-order valence-corrected chi connectivity index (χ2v) is 6.57. The Morgan fingerprint density at radius 3 is 2.50 bits per heavy atom. The second kappa shape index (κ2) is 6.78. The summed E-state index contributed by atoms with van der Waals surface area (Å²) in [6.45, 7) is 3.23. The average molecular weight is 305 g/mol. The SMILES string of the molecule is CC1CN(C(=O)C2CCCCC2)CC(c2ccc(F)cc2)O1. The summed E-state index contributed by atoms with van der Waals surface area (Å²) < 4.78 is 19.0. The molecule has 1 aromatic rings. The zero-order chi connectivity index (χ0) is 15.5. The molecule has 0 spiro atoms. The topological polar surface area (TPSA) is 29.5 Å². The molecule has 1 aromatic carbocycles. The summed E-state index contributed by atoms with van der Waals surface area (Å²) in [5.74, 6) is 0.220. The zero-order valence-corrected chi connectivity index (χ0v) is 13.1. The van der Waals surface area contributed by atoms with Gasteiger partial charge in [-0.2, -0.15) is 0 Å². The summed E-state index contributed by atoms with van der Waals surface area (Å²) in [6.07, 6.45) is 5.47. The van der Waals surface area contributed by atoms with Crippen molar-refractivity contribution in [3.8, 4) is 0 Å². The molecule has 1 aliphatic heterocycles. The van der Waals surface area contributed by atoms with Crippen LogP contribution in [0.3, 0.4) is 0 Å². The van der Waals surface area contributed by atoms with Crippen LogP contribution < -0.4 is 0 Å². The highest BCUT2D eigenvalue weighted by Crippen LogP contribution is 2.30. The molecule has 0 aromatic heterocycles. The number of hydrogen-bond acceptors (Lipinski definition) is 2. The highest BCUT2D eigenvalue weighted by Gasteiger charge is 2.33. The van der Waals surface area contributed by atoms with E-state index in [9.17, 15) is 9.18 Å². The lowest BCUT2D eigenvalue weighted by molar-refractivity contribution is -0.150. The van der Waals surface area contributed by atoms with Gasteiger partial charge < -0.3 is 9.64 Å². The molecule has 2 atom stereocenters. The van der Waals surface area contributed by atoms with Gasteiger partial charge in [0.25, 0.3) is 0 Å². The van der Waals surface area contributed by atoms with Crippen molar-refractivity contribution >= 4 is 5.91 Å². The Hall–Kier alpha value is -1.42. The number of rotatable bonds is 2. The van der Waals surface area contributed by atoms with Crippen LogP contribution in [0.4, 0.5) is 4.39 Å². The Balaban J connectivity index is 1.70. The lowest BCUT2D eigenvalue weighted by Gasteiger charge is -2.39. The van der Waals surface area contributed by atoms with Crippen molar-refractivity contribution in [1.29, 1.82) is 0 Å². The Morgan fingerprint density at radius 2 is 1.82 bits per heavy atom. The van der Waals surface area contributed by atoms with Crippen molar-refractivity contribution in [3.63, 3.8) is 0 Å². The van der Waals surface area contributed by atoms with Gasteiger partial charge in [0.05, 0.1) is 12.6 Å². The standard InChI is InChI=1S/C18H24FNO2/c1-13-11-20(18(21)15-5-3-2-4-6-15)12-17(22-13)14-7-9-16(19)10-8-14/h7-10,13,15,17H,2-6,11-12H2,1H3. The number of halogens is 1. The highest BCUT2D eigenvalue weighted by atomic mass is 19.1. The normalized spacial score (nSPS) is 26.9. The van der Waals surface area contributed by atoms with E-state index in [0.717, 1.165) is 31.2 Å². The molecule has 0 N–H and O–H groups in total. The third kappa shape index (κ3) is 3.49. The van der Waals surface area contributed by atoms with E-state index < -0.39 is 0 Å². The van der Waals surface area contributed by atoms with Crippen LogP contribution in [0.2, 0.25) is 0 Å². The van der Waals surface area contributed by atoms with Crippen LogP contribution >= 0.6 is 0 Å². The molecule has 1 saturated carbocycles. The zero-order valence-electron chi connectivity index (χ0n) is 13.1. The molecule has 1 amide bonds. The van der Waals surface area contributed by atoms with E-state index in [2.05, 4.69) is 0 Å². The molecule has 3 rings (SSSR count). The van der Waals surface area contributed by atoms with Crippen molar-refractivity contribution < 1.29 is 13.9 Å². The molecule has 1 heterocycles. The van der Waals surface area contributed by atoms with Gasteiger partial charge in [-0.3, -0.25) is 4.79 Å². The largest absolute Gasteiger partial charge is 0.367 e. The monoisotopic (exact) mass is 305 g/mol. The fraction of sp³-hybridized carbons (Fsp3) is 0.611. The van der Waals surface area contributed by atoms with Crippen molar-refractivity contribution in [2.45, 2.75) is 51.2 Å². The van der Waals surface area contributed by atoms with Crippen LogP contribution in [0, 0.1) is 11.7 Å². The minimum Gasteiger partial charge on any atom is -0.367 e. The van der Waals surface area contributed by atoms with E-state index >= 15 is 0 Å². The Labute approximate surface area is 131 Å². The van der Waals surface area contributed by atoms with Gasteiger partial charge in [-0.05, 0) is 37.5 Å². The number of carbonyl (C=O) groups is 1.